The Morgan fingerprint density at radius 2 is 1.61 bits per heavy atom. The van der Waals surface area contributed by atoms with Gasteiger partial charge in [-0.15, -0.1) is 0 Å². The molecule has 9 heteroatoms. The highest BCUT2D eigenvalue weighted by Gasteiger charge is 2.23. The molecule has 0 unspecified atom stereocenters. The van der Waals surface area contributed by atoms with Crippen molar-refractivity contribution in [1.29, 1.82) is 0 Å². The van der Waals surface area contributed by atoms with E-state index in [2.05, 4.69) is 9.97 Å². The van der Waals surface area contributed by atoms with Crippen molar-refractivity contribution in [3.8, 4) is 22.6 Å². The number of nitro benzene ring substituents is 2. The first-order valence-electron chi connectivity index (χ1n) is 8.53. The van der Waals surface area contributed by atoms with Crippen LogP contribution in [-0.4, -0.2) is 19.8 Å². The molecular formula is C19H13ClN4O4. The lowest BCUT2D eigenvalue weighted by atomic mass is 10.0. The Bertz CT molecular complexity index is 1100. The lowest BCUT2D eigenvalue weighted by molar-refractivity contribution is -0.394. The molecule has 4 rings (SSSR count). The zero-order valence-corrected chi connectivity index (χ0v) is 15.2. The van der Waals surface area contributed by atoms with E-state index in [0.29, 0.717) is 12.1 Å². The monoisotopic (exact) mass is 396 g/mol. The molecule has 1 aliphatic rings. The second-order valence-electron chi connectivity index (χ2n) is 6.43. The van der Waals surface area contributed by atoms with Crippen LogP contribution in [0.2, 0.25) is 5.15 Å². The SMILES string of the molecule is O=[N+]([O-])c1cc(-c2nc(Cl)c3c(n2)-c2ccccc2CCC3)cc([N+](=O)[O-])c1. The van der Waals surface area contributed by atoms with Gasteiger partial charge in [0.2, 0.25) is 0 Å². The fourth-order valence-corrected chi connectivity index (χ4v) is 3.65. The molecule has 0 fully saturated rings. The number of benzene rings is 2. The maximum Gasteiger partial charge on any atom is 0.277 e. The van der Waals surface area contributed by atoms with Gasteiger partial charge >= 0.3 is 0 Å². The molecule has 3 aromatic rings. The number of fused-ring (bicyclic) bond motifs is 3. The van der Waals surface area contributed by atoms with E-state index in [-0.39, 0.29) is 16.5 Å². The highest BCUT2D eigenvalue weighted by molar-refractivity contribution is 6.30. The van der Waals surface area contributed by atoms with Crippen molar-refractivity contribution >= 4 is 23.0 Å². The van der Waals surface area contributed by atoms with E-state index in [1.165, 1.54) is 12.1 Å². The van der Waals surface area contributed by atoms with Crippen LogP contribution in [0.1, 0.15) is 17.5 Å². The first kappa shape index (κ1) is 18.0. The Morgan fingerprint density at radius 3 is 2.29 bits per heavy atom. The first-order chi connectivity index (χ1) is 13.4. The smallest absolute Gasteiger partial charge is 0.258 e. The van der Waals surface area contributed by atoms with Gasteiger partial charge in [-0.25, -0.2) is 9.97 Å². The topological polar surface area (TPSA) is 112 Å². The fourth-order valence-electron chi connectivity index (χ4n) is 3.39. The van der Waals surface area contributed by atoms with Gasteiger partial charge in [0.15, 0.2) is 5.82 Å². The maximum atomic E-state index is 11.2. The van der Waals surface area contributed by atoms with Crippen LogP contribution in [0.25, 0.3) is 22.6 Å². The van der Waals surface area contributed by atoms with E-state index >= 15 is 0 Å². The molecule has 140 valence electrons. The molecule has 1 heterocycles. The Morgan fingerprint density at radius 1 is 0.929 bits per heavy atom. The minimum atomic E-state index is -0.684. The lowest BCUT2D eigenvalue weighted by Crippen LogP contribution is -2.01. The van der Waals surface area contributed by atoms with Crippen LogP contribution in [0.5, 0.6) is 0 Å². The number of hydrogen-bond acceptors (Lipinski definition) is 6. The standard InChI is InChI=1S/C19H13ClN4O4/c20-18-16-7-3-5-11-4-1-2-6-15(11)17(16)21-19(22-18)12-8-13(23(25)26)10-14(9-12)24(27)28/h1-2,4,6,8-10H,3,5,7H2. The summed E-state index contributed by atoms with van der Waals surface area (Å²) in [6.45, 7) is 0. The van der Waals surface area contributed by atoms with Crippen molar-refractivity contribution in [2.45, 2.75) is 19.3 Å². The van der Waals surface area contributed by atoms with Crippen molar-refractivity contribution in [3.05, 3.63) is 79.0 Å². The van der Waals surface area contributed by atoms with E-state index in [1.807, 2.05) is 24.3 Å². The van der Waals surface area contributed by atoms with E-state index in [0.717, 1.165) is 35.6 Å². The molecule has 0 radical (unpaired) electrons. The molecule has 2 aromatic carbocycles. The molecule has 0 saturated heterocycles. The summed E-state index contributed by atoms with van der Waals surface area (Å²) >= 11 is 6.42. The highest BCUT2D eigenvalue weighted by atomic mass is 35.5. The van der Waals surface area contributed by atoms with Crippen LogP contribution in [0.4, 0.5) is 11.4 Å². The largest absolute Gasteiger partial charge is 0.277 e. The van der Waals surface area contributed by atoms with E-state index in [1.54, 1.807) is 0 Å². The van der Waals surface area contributed by atoms with E-state index in [9.17, 15) is 20.2 Å². The van der Waals surface area contributed by atoms with Crippen LogP contribution < -0.4 is 0 Å². The molecule has 0 spiro atoms. The van der Waals surface area contributed by atoms with Gasteiger partial charge in [-0.2, -0.15) is 0 Å². The maximum absolute atomic E-state index is 11.2. The third kappa shape index (κ3) is 3.18. The first-order valence-corrected chi connectivity index (χ1v) is 8.91. The van der Waals surface area contributed by atoms with Gasteiger partial charge in [0, 0.05) is 28.8 Å². The number of halogens is 1. The number of hydrogen-bond donors (Lipinski definition) is 0. The van der Waals surface area contributed by atoms with Crippen molar-refractivity contribution in [2.75, 3.05) is 0 Å². The average molecular weight is 397 g/mol. The summed E-state index contributed by atoms with van der Waals surface area (Å²) in [5, 5.41) is 22.6. The second kappa shape index (κ2) is 6.97. The quantitative estimate of drug-likeness (QED) is 0.358. The van der Waals surface area contributed by atoms with Crippen LogP contribution in [-0.2, 0) is 12.8 Å². The van der Waals surface area contributed by atoms with Gasteiger partial charge in [0.1, 0.15) is 5.15 Å². The van der Waals surface area contributed by atoms with Crippen molar-refractivity contribution in [1.82, 2.24) is 9.97 Å². The Balaban J connectivity index is 1.95. The lowest BCUT2D eigenvalue weighted by Gasteiger charge is -2.11. The third-order valence-electron chi connectivity index (χ3n) is 4.68. The zero-order valence-electron chi connectivity index (χ0n) is 14.5. The van der Waals surface area contributed by atoms with Gasteiger partial charge in [-0.1, -0.05) is 35.9 Å². The third-order valence-corrected chi connectivity index (χ3v) is 5.00. The van der Waals surface area contributed by atoms with Crippen molar-refractivity contribution in [2.24, 2.45) is 0 Å². The van der Waals surface area contributed by atoms with Gasteiger partial charge < -0.3 is 0 Å². The van der Waals surface area contributed by atoms with Gasteiger partial charge in [-0.3, -0.25) is 20.2 Å². The summed E-state index contributed by atoms with van der Waals surface area (Å²) in [6.07, 6.45) is 2.48. The van der Waals surface area contributed by atoms with Gasteiger partial charge in [-0.05, 0) is 24.8 Å². The molecular weight excluding hydrogens is 384 g/mol. The van der Waals surface area contributed by atoms with Gasteiger partial charge in [0.05, 0.1) is 21.6 Å². The second-order valence-corrected chi connectivity index (χ2v) is 6.79. The van der Waals surface area contributed by atoms with Crippen molar-refractivity contribution < 1.29 is 9.85 Å². The summed E-state index contributed by atoms with van der Waals surface area (Å²) < 4.78 is 0. The van der Waals surface area contributed by atoms with E-state index in [4.69, 9.17) is 11.6 Å². The van der Waals surface area contributed by atoms with Crippen LogP contribution in [0, 0.1) is 20.2 Å². The van der Waals surface area contributed by atoms with E-state index < -0.39 is 21.2 Å². The minimum absolute atomic E-state index is 0.118. The molecule has 0 N–H and O–H groups in total. The number of nitro groups is 2. The zero-order chi connectivity index (χ0) is 19.8. The predicted molar refractivity (Wildman–Crippen MR) is 103 cm³/mol. The molecule has 0 aliphatic heterocycles. The highest BCUT2D eigenvalue weighted by Crippen LogP contribution is 2.36. The molecule has 0 atom stereocenters. The Labute approximate surface area is 164 Å². The number of rotatable bonds is 3. The summed E-state index contributed by atoms with van der Waals surface area (Å²) in [6, 6.07) is 11.2. The average Bonchev–Trinajstić information content (AvgIpc) is 2.87. The fraction of sp³-hybridized carbons (Fsp3) is 0.158. The molecule has 28 heavy (non-hydrogen) atoms. The molecule has 8 nitrogen and oxygen atoms in total. The molecule has 1 aliphatic carbocycles. The Kier molecular flexibility index (Phi) is 4.48. The molecule has 0 saturated carbocycles. The van der Waals surface area contributed by atoms with Crippen LogP contribution in [0.3, 0.4) is 0 Å². The number of aryl methyl sites for hydroxylation is 1. The number of aromatic nitrogens is 2. The normalized spacial score (nSPS) is 12.6. The van der Waals surface area contributed by atoms with Crippen LogP contribution in [0.15, 0.2) is 42.5 Å². The Hall–Kier alpha value is -3.39. The molecule has 1 aromatic heterocycles. The van der Waals surface area contributed by atoms with Gasteiger partial charge in [0.25, 0.3) is 11.4 Å². The molecule has 0 amide bonds. The summed E-state index contributed by atoms with van der Waals surface area (Å²) in [4.78, 5) is 29.9. The number of non-ortho nitro benzene ring substituents is 2. The predicted octanol–water partition coefficient (Wildman–Crippen LogP) is 4.77. The number of nitrogens with zero attached hydrogens (tertiary/aromatic N) is 4. The van der Waals surface area contributed by atoms with Crippen molar-refractivity contribution in [3.63, 3.8) is 0 Å². The summed E-state index contributed by atoms with van der Waals surface area (Å²) in [7, 11) is 0. The minimum Gasteiger partial charge on any atom is -0.258 e. The molecule has 0 bridgehead atoms. The summed E-state index contributed by atoms with van der Waals surface area (Å²) in [5.41, 5.74) is 2.91. The summed E-state index contributed by atoms with van der Waals surface area (Å²) in [5.74, 6) is 0.118. The van der Waals surface area contributed by atoms with Crippen LogP contribution >= 0.6 is 11.6 Å².